The highest BCUT2D eigenvalue weighted by atomic mass is 16.1. The van der Waals surface area contributed by atoms with Crippen LogP contribution in [0.25, 0.3) is 0 Å². The van der Waals surface area contributed by atoms with E-state index < -0.39 is 0 Å². The maximum atomic E-state index is 12.9. The molecule has 0 saturated carbocycles. The first kappa shape index (κ1) is 42.4. The molecule has 4 nitrogen and oxygen atoms in total. The molecule has 1 heterocycles. The average molecular weight is 642 g/mol. The van der Waals surface area contributed by atoms with Crippen molar-refractivity contribution in [3.05, 3.63) is 24.3 Å². The van der Waals surface area contributed by atoms with Crippen LogP contribution >= 0.6 is 0 Å². The van der Waals surface area contributed by atoms with Gasteiger partial charge in [0.15, 0.2) is 0 Å². The summed E-state index contributed by atoms with van der Waals surface area (Å²) in [5.41, 5.74) is 0. The van der Waals surface area contributed by atoms with Crippen LogP contribution in [-0.2, 0) is 4.79 Å². The summed E-state index contributed by atoms with van der Waals surface area (Å²) in [4.78, 5) is 17.5. The van der Waals surface area contributed by atoms with Gasteiger partial charge in [-0.1, -0.05) is 148 Å². The fraction of sp³-hybridized carbons (Fsp3) is 0.857. The lowest BCUT2D eigenvalue weighted by Crippen LogP contribution is -2.35. The predicted molar refractivity (Wildman–Crippen MR) is 205 cm³/mol. The summed E-state index contributed by atoms with van der Waals surface area (Å²) in [5.74, 6) is 1.96. The molecular formula is C42H79N3O. The maximum absolute atomic E-state index is 12.9. The van der Waals surface area contributed by atoms with E-state index in [1.54, 1.807) is 0 Å². The lowest BCUT2D eigenvalue weighted by molar-refractivity contribution is -0.122. The molecule has 4 heteroatoms. The number of nitrogens with one attached hydrogen (secondary N) is 2. The van der Waals surface area contributed by atoms with E-state index >= 15 is 0 Å². The summed E-state index contributed by atoms with van der Waals surface area (Å²) in [6, 6.07) is 0.324. The van der Waals surface area contributed by atoms with Crippen LogP contribution < -0.4 is 10.6 Å². The fourth-order valence-electron chi connectivity index (χ4n) is 6.61. The summed E-state index contributed by atoms with van der Waals surface area (Å²) >= 11 is 0. The number of carbonyl (C=O) groups excluding carboxylic acids is 1. The van der Waals surface area contributed by atoms with Gasteiger partial charge in [0, 0.05) is 24.9 Å². The Morgan fingerprint density at radius 1 is 0.630 bits per heavy atom. The third-order valence-electron chi connectivity index (χ3n) is 9.70. The Labute approximate surface area is 287 Å². The average Bonchev–Trinajstić information content (AvgIpc) is 3.60. The minimum Gasteiger partial charge on any atom is -0.372 e. The fourth-order valence-corrected chi connectivity index (χ4v) is 6.61. The monoisotopic (exact) mass is 642 g/mol. The zero-order chi connectivity index (χ0) is 33.2. The van der Waals surface area contributed by atoms with Crippen LogP contribution in [0.5, 0.6) is 0 Å². The molecule has 0 fully saturated rings. The summed E-state index contributed by atoms with van der Waals surface area (Å²) in [7, 11) is 0. The number of aliphatic imine (C=N–C) groups is 1. The van der Waals surface area contributed by atoms with Crippen molar-refractivity contribution in [3.8, 4) is 0 Å². The van der Waals surface area contributed by atoms with E-state index in [1.807, 2.05) is 0 Å². The van der Waals surface area contributed by atoms with Crippen molar-refractivity contribution >= 4 is 11.7 Å². The van der Waals surface area contributed by atoms with Gasteiger partial charge >= 0.3 is 0 Å². The number of nitrogens with zero attached hydrogens (tertiary/aromatic N) is 1. The summed E-state index contributed by atoms with van der Waals surface area (Å²) in [5, 5.41) is 6.89. The second kappa shape index (κ2) is 33.3. The van der Waals surface area contributed by atoms with Crippen LogP contribution in [0.2, 0.25) is 0 Å². The number of hydrogen-bond acceptors (Lipinski definition) is 3. The molecule has 0 bridgehead atoms. The van der Waals surface area contributed by atoms with E-state index in [0.29, 0.717) is 18.4 Å². The van der Waals surface area contributed by atoms with E-state index in [1.165, 1.54) is 154 Å². The number of rotatable bonds is 34. The van der Waals surface area contributed by atoms with Gasteiger partial charge in [0.1, 0.15) is 0 Å². The molecule has 0 aromatic carbocycles. The summed E-state index contributed by atoms with van der Waals surface area (Å²) in [6.45, 7) is 8.76. The first-order chi connectivity index (χ1) is 22.7. The van der Waals surface area contributed by atoms with Gasteiger partial charge < -0.3 is 10.6 Å². The lowest BCUT2D eigenvalue weighted by atomic mass is 9.97. The quantitative estimate of drug-likeness (QED) is 0.0542. The largest absolute Gasteiger partial charge is 0.372 e. The Hall–Kier alpha value is -1.58. The van der Waals surface area contributed by atoms with Gasteiger partial charge in [-0.05, 0) is 77.0 Å². The molecule has 268 valence electrons. The van der Waals surface area contributed by atoms with Crippen molar-refractivity contribution in [1.82, 2.24) is 10.6 Å². The molecule has 2 N–H and O–H groups in total. The Bertz CT molecular complexity index is 758. The van der Waals surface area contributed by atoms with Gasteiger partial charge in [-0.15, -0.1) is 0 Å². The van der Waals surface area contributed by atoms with Gasteiger partial charge in [0.25, 0.3) is 0 Å². The molecule has 0 aromatic rings. The molecular weight excluding hydrogens is 562 g/mol. The molecule has 0 radical (unpaired) electrons. The van der Waals surface area contributed by atoms with E-state index in [4.69, 9.17) is 0 Å². The van der Waals surface area contributed by atoms with Crippen LogP contribution in [0.4, 0.5) is 0 Å². The van der Waals surface area contributed by atoms with Gasteiger partial charge in [-0.2, -0.15) is 0 Å². The number of amides is 1. The number of hydrogen-bond donors (Lipinski definition) is 2. The van der Waals surface area contributed by atoms with Crippen molar-refractivity contribution in [3.63, 3.8) is 0 Å². The molecule has 1 aliphatic heterocycles. The Balaban J connectivity index is 2.18. The van der Waals surface area contributed by atoms with E-state index in [9.17, 15) is 4.79 Å². The number of allylic oxidation sites excluding steroid dienone is 4. The van der Waals surface area contributed by atoms with E-state index in [0.717, 1.165) is 45.2 Å². The highest BCUT2D eigenvalue weighted by Crippen LogP contribution is 2.17. The molecule has 1 rings (SSSR count). The van der Waals surface area contributed by atoms with Crippen LogP contribution in [0.15, 0.2) is 29.3 Å². The summed E-state index contributed by atoms with van der Waals surface area (Å²) < 4.78 is 0. The predicted octanol–water partition coefficient (Wildman–Crippen LogP) is 12.6. The Morgan fingerprint density at radius 3 is 1.59 bits per heavy atom. The Morgan fingerprint density at radius 2 is 1.09 bits per heavy atom. The third-order valence-corrected chi connectivity index (χ3v) is 9.70. The first-order valence-electron chi connectivity index (χ1n) is 20.5. The normalized spacial score (nSPS) is 14.6. The van der Waals surface area contributed by atoms with E-state index in [2.05, 4.69) is 60.7 Å². The Kier molecular flexibility index (Phi) is 30.7. The molecule has 0 spiro atoms. The molecule has 2 atom stereocenters. The van der Waals surface area contributed by atoms with Crippen molar-refractivity contribution in [2.24, 2.45) is 10.9 Å². The molecule has 1 aliphatic rings. The second-order valence-electron chi connectivity index (χ2n) is 14.3. The molecule has 1 amide bonds. The van der Waals surface area contributed by atoms with E-state index in [-0.39, 0.29) is 5.91 Å². The standard InChI is InChI=1S/C42H79N3O/c1-4-6-8-10-12-14-16-18-19-21-23-25-27-29-31-36-41(46)45-40(35-32-33-39(3)42-43-37-38-44-42)34-30-28-26-24-22-20-17-15-13-11-9-7-5-2/h18-20,22,39-40H,4-17,21,23-38H2,1-3H3,(H,43,44)(H,45,46)/b19-18-,22-20-. The number of amidine groups is 1. The zero-order valence-corrected chi connectivity index (χ0v) is 31.2. The second-order valence-corrected chi connectivity index (χ2v) is 14.3. The van der Waals surface area contributed by atoms with Crippen molar-refractivity contribution in [2.75, 3.05) is 13.1 Å². The molecule has 0 aromatic heterocycles. The number of unbranched alkanes of at least 4 members (excludes halogenated alkanes) is 20. The van der Waals surface area contributed by atoms with Crippen LogP contribution in [0.3, 0.4) is 0 Å². The zero-order valence-electron chi connectivity index (χ0n) is 31.2. The van der Waals surface area contributed by atoms with Crippen molar-refractivity contribution in [2.45, 2.75) is 213 Å². The first-order valence-corrected chi connectivity index (χ1v) is 20.5. The maximum Gasteiger partial charge on any atom is 0.220 e. The van der Waals surface area contributed by atoms with Crippen LogP contribution in [-0.4, -0.2) is 30.9 Å². The lowest BCUT2D eigenvalue weighted by Gasteiger charge is -2.20. The third kappa shape index (κ3) is 27.5. The smallest absolute Gasteiger partial charge is 0.220 e. The van der Waals surface area contributed by atoms with Gasteiger partial charge in [-0.25, -0.2) is 0 Å². The van der Waals surface area contributed by atoms with Crippen molar-refractivity contribution < 1.29 is 4.79 Å². The number of carbonyl (C=O) groups is 1. The molecule has 2 unspecified atom stereocenters. The summed E-state index contributed by atoms with van der Waals surface area (Å²) in [6.07, 6.45) is 46.1. The van der Waals surface area contributed by atoms with Gasteiger partial charge in [0.2, 0.25) is 5.91 Å². The van der Waals surface area contributed by atoms with Crippen LogP contribution in [0, 0.1) is 5.92 Å². The minimum absolute atomic E-state index is 0.273. The van der Waals surface area contributed by atoms with Gasteiger partial charge in [-0.3, -0.25) is 9.79 Å². The minimum atomic E-state index is 0.273. The van der Waals surface area contributed by atoms with Crippen molar-refractivity contribution in [1.29, 1.82) is 0 Å². The molecule has 0 aliphatic carbocycles. The van der Waals surface area contributed by atoms with Crippen LogP contribution in [0.1, 0.15) is 207 Å². The van der Waals surface area contributed by atoms with Gasteiger partial charge in [0.05, 0.1) is 12.4 Å². The highest BCUT2D eigenvalue weighted by Gasteiger charge is 2.16. The molecule has 0 saturated heterocycles. The SMILES string of the molecule is CCCCCCCC/C=C\CCCCCCCC(=O)NC(CCCCC/C=C\CCCCCCCC)CCCC(C)C1=NCCN1. The molecule has 46 heavy (non-hydrogen) atoms. The highest BCUT2D eigenvalue weighted by molar-refractivity contribution is 5.85. The topological polar surface area (TPSA) is 53.5 Å².